The Bertz CT molecular complexity index is 222. The summed E-state index contributed by atoms with van der Waals surface area (Å²) in [4.78, 5) is 0. The van der Waals surface area contributed by atoms with Crippen molar-refractivity contribution >= 4 is 0 Å². The van der Waals surface area contributed by atoms with E-state index >= 15 is 0 Å². The normalized spacial score (nSPS) is 11.7. The van der Waals surface area contributed by atoms with Gasteiger partial charge in [0, 0.05) is 12.3 Å². The fourth-order valence-electron chi connectivity index (χ4n) is 1.86. The van der Waals surface area contributed by atoms with Crippen molar-refractivity contribution in [3.8, 4) is 12.1 Å². The molecule has 0 aliphatic heterocycles. The summed E-state index contributed by atoms with van der Waals surface area (Å²) in [6.45, 7) is 2.21. The van der Waals surface area contributed by atoms with Crippen molar-refractivity contribution in [3.05, 3.63) is 0 Å². The van der Waals surface area contributed by atoms with Gasteiger partial charge in [0.25, 0.3) is 0 Å². The molecule has 0 bridgehead atoms. The second-order valence-electron chi connectivity index (χ2n) is 4.43. The number of rotatable bonds is 10. The van der Waals surface area contributed by atoms with Crippen LogP contribution in [0, 0.1) is 28.6 Å². The zero-order chi connectivity index (χ0) is 12.1. The van der Waals surface area contributed by atoms with Crippen LogP contribution in [0.25, 0.3) is 0 Å². The van der Waals surface area contributed by atoms with Gasteiger partial charge >= 0.3 is 0 Å². The summed E-state index contributed by atoms with van der Waals surface area (Å²) in [7, 11) is 0. The molecule has 0 spiro atoms. The third kappa shape index (κ3) is 9.53. The molecule has 0 N–H and O–H groups in total. The van der Waals surface area contributed by atoms with Crippen molar-refractivity contribution in [3.63, 3.8) is 0 Å². The first-order valence-electron chi connectivity index (χ1n) is 6.61. The molecule has 0 fully saturated rings. The molecule has 0 saturated heterocycles. The van der Waals surface area contributed by atoms with Gasteiger partial charge in [0.15, 0.2) is 0 Å². The largest absolute Gasteiger partial charge is 0.198 e. The zero-order valence-electron chi connectivity index (χ0n) is 10.5. The molecule has 0 aliphatic rings. The predicted octanol–water partition coefficient (Wildman–Crippen LogP) is 4.57. The molecule has 0 aromatic heterocycles. The van der Waals surface area contributed by atoms with Crippen molar-refractivity contribution in [2.45, 2.75) is 71.1 Å². The fraction of sp³-hybridized carbons (Fsp3) is 0.857. The fourth-order valence-corrected chi connectivity index (χ4v) is 1.86. The monoisotopic (exact) mass is 220 g/mol. The van der Waals surface area contributed by atoms with Crippen LogP contribution in [-0.4, -0.2) is 0 Å². The van der Waals surface area contributed by atoms with E-state index < -0.39 is 0 Å². The molecule has 0 aromatic rings. The molecule has 0 heterocycles. The molecule has 2 heteroatoms. The Kier molecular flexibility index (Phi) is 11.3. The molecular formula is C14H24N2. The first-order chi connectivity index (χ1) is 7.85. The van der Waals surface area contributed by atoms with E-state index in [9.17, 15) is 0 Å². The van der Waals surface area contributed by atoms with Crippen molar-refractivity contribution in [1.29, 1.82) is 10.5 Å². The third-order valence-electron chi connectivity index (χ3n) is 2.93. The topological polar surface area (TPSA) is 47.6 Å². The molecule has 16 heavy (non-hydrogen) atoms. The Balaban J connectivity index is 3.38. The lowest BCUT2D eigenvalue weighted by molar-refractivity contribution is 0.483. The molecule has 0 aromatic carbocycles. The lowest BCUT2D eigenvalue weighted by atomic mass is 9.96. The molecule has 0 amide bonds. The van der Waals surface area contributed by atoms with E-state index in [-0.39, 0.29) is 5.92 Å². The van der Waals surface area contributed by atoms with Gasteiger partial charge in [-0.05, 0) is 19.3 Å². The maximum atomic E-state index is 8.98. The molecule has 0 aliphatic carbocycles. The van der Waals surface area contributed by atoms with Crippen molar-refractivity contribution in [2.75, 3.05) is 0 Å². The number of nitrogens with zero attached hydrogens (tertiary/aromatic N) is 2. The van der Waals surface area contributed by atoms with E-state index in [0.717, 1.165) is 32.1 Å². The van der Waals surface area contributed by atoms with Gasteiger partial charge in [-0.1, -0.05) is 45.4 Å². The minimum Gasteiger partial charge on any atom is -0.198 e. The van der Waals surface area contributed by atoms with Crippen LogP contribution in [0.1, 0.15) is 71.1 Å². The van der Waals surface area contributed by atoms with Crippen LogP contribution >= 0.6 is 0 Å². The smallest absolute Gasteiger partial charge is 0.0655 e. The maximum Gasteiger partial charge on any atom is 0.0655 e. The average molecular weight is 220 g/mol. The van der Waals surface area contributed by atoms with Crippen LogP contribution in [0.3, 0.4) is 0 Å². The third-order valence-corrected chi connectivity index (χ3v) is 2.93. The number of unbranched alkanes of at least 4 members (excludes halogenated alkanes) is 6. The summed E-state index contributed by atoms with van der Waals surface area (Å²) in [6.07, 6.45) is 11.0. The molecular weight excluding hydrogens is 196 g/mol. The van der Waals surface area contributed by atoms with E-state index in [4.69, 9.17) is 10.5 Å². The van der Waals surface area contributed by atoms with E-state index in [1.165, 1.54) is 25.7 Å². The number of nitriles is 2. The zero-order valence-corrected chi connectivity index (χ0v) is 10.5. The summed E-state index contributed by atoms with van der Waals surface area (Å²) >= 11 is 0. The summed E-state index contributed by atoms with van der Waals surface area (Å²) in [5.41, 5.74) is 0. The first kappa shape index (κ1) is 15.0. The quantitative estimate of drug-likeness (QED) is 0.506. The Morgan fingerprint density at radius 1 is 0.875 bits per heavy atom. The number of hydrogen-bond donors (Lipinski definition) is 0. The van der Waals surface area contributed by atoms with Gasteiger partial charge in [-0.2, -0.15) is 10.5 Å². The summed E-state index contributed by atoms with van der Waals surface area (Å²) in [6, 6.07) is 4.56. The van der Waals surface area contributed by atoms with Crippen molar-refractivity contribution in [1.82, 2.24) is 0 Å². The van der Waals surface area contributed by atoms with Crippen LogP contribution in [-0.2, 0) is 0 Å². The second-order valence-corrected chi connectivity index (χ2v) is 4.43. The Morgan fingerprint density at radius 2 is 1.50 bits per heavy atom. The highest BCUT2D eigenvalue weighted by Crippen LogP contribution is 2.17. The van der Waals surface area contributed by atoms with E-state index in [0.29, 0.717) is 6.42 Å². The first-order valence-corrected chi connectivity index (χ1v) is 6.61. The summed E-state index contributed by atoms with van der Waals surface area (Å²) < 4.78 is 0. The van der Waals surface area contributed by atoms with Gasteiger partial charge in [0.1, 0.15) is 0 Å². The SMILES string of the molecule is CCCCCCC(C#N)CCCCCC#N. The highest BCUT2D eigenvalue weighted by atomic mass is 14.3. The molecule has 0 radical (unpaired) electrons. The predicted molar refractivity (Wildman–Crippen MR) is 66.6 cm³/mol. The maximum absolute atomic E-state index is 8.98. The summed E-state index contributed by atoms with van der Waals surface area (Å²) in [5, 5.41) is 17.4. The minimum atomic E-state index is 0.249. The lowest BCUT2D eigenvalue weighted by Crippen LogP contribution is -1.97. The highest BCUT2D eigenvalue weighted by Gasteiger charge is 2.06. The van der Waals surface area contributed by atoms with E-state index in [2.05, 4.69) is 19.1 Å². The molecule has 1 atom stereocenters. The van der Waals surface area contributed by atoms with Gasteiger partial charge < -0.3 is 0 Å². The van der Waals surface area contributed by atoms with Gasteiger partial charge in [0.2, 0.25) is 0 Å². The van der Waals surface area contributed by atoms with Crippen molar-refractivity contribution < 1.29 is 0 Å². The molecule has 0 saturated carbocycles. The molecule has 2 nitrogen and oxygen atoms in total. The van der Waals surface area contributed by atoms with Crippen LogP contribution in [0.15, 0.2) is 0 Å². The van der Waals surface area contributed by atoms with Crippen molar-refractivity contribution in [2.24, 2.45) is 5.92 Å². The average Bonchev–Trinajstić information content (AvgIpc) is 2.31. The van der Waals surface area contributed by atoms with Gasteiger partial charge in [0.05, 0.1) is 12.1 Å². The Hall–Kier alpha value is -1.02. The Labute approximate surface area is 100 Å². The van der Waals surface area contributed by atoms with Crippen LogP contribution in [0.2, 0.25) is 0 Å². The minimum absolute atomic E-state index is 0.249. The van der Waals surface area contributed by atoms with Crippen LogP contribution in [0.4, 0.5) is 0 Å². The van der Waals surface area contributed by atoms with Gasteiger partial charge in [-0.15, -0.1) is 0 Å². The summed E-state index contributed by atoms with van der Waals surface area (Å²) in [5.74, 6) is 0.249. The standard InChI is InChI=1S/C14H24N2/c1-2-3-4-7-10-14(13-16)11-8-5-6-9-12-15/h14H,2-11H2,1H3. The van der Waals surface area contributed by atoms with Crippen LogP contribution in [0.5, 0.6) is 0 Å². The number of hydrogen-bond acceptors (Lipinski definition) is 2. The van der Waals surface area contributed by atoms with E-state index in [1.54, 1.807) is 0 Å². The molecule has 90 valence electrons. The lowest BCUT2D eigenvalue weighted by Gasteiger charge is -2.07. The highest BCUT2D eigenvalue weighted by molar-refractivity contribution is 4.82. The molecule has 1 unspecified atom stereocenters. The van der Waals surface area contributed by atoms with Gasteiger partial charge in [-0.3, -0.25) is 0 Å². The molecule has 0 rings (SSSR count). The Morgan fingerprint density at radius 3 is 2.00 bits per heavy atom. The second kappa shape index (κ2) is 12.1. The van der Waals surface area contributed by atoms with E-state index in [1.807, 2.05) is 0 Å². The van der Waals surface area contributed by atoms with Gasteiger partial charge in [-0.25, -0.2) is 0 Å². The van der Waals surface area contributed by atoms with Crippen LogP contribution < -0.4 is 0 Å².